The number of nitrogens with one attached hydrogen (secondary N) is 2. The molecule has 1 aliphatic rings. The molecule has 1 aliphatic carbocycles. The molecule has 0 unspecified atom stereocenters. The predicted octanol–water partition coefficient (Wildman–Crippen LogP) is 3.24. The molecule has 0 radical (unpaired) electrons. The van der Waals surface area contributed by atoms with Crippen molar-refractivity contribution in [1.29, 1.82) is 0 Å². The van der Waals surface area contributed by atoms with Crippen molar-refractivity contribution < 1.29 is 19.1 Å². The van der Waals surface area contributed by atoms with E-state index in [0.717, 1.165) is 6.07 Å². The maximum Gasteiger partial charge on any atom is 0.319 e. The van der Waals surface area contributed by atoms with Crippen molar-refractivity contribution in [1.82, 2.24) is 5.32 Å². The summed E-state index contributed by atoms with van der Waals surface area (Å²) in [6.45, 7) is 0. The van der Waals surface area contributed by atoms with Crippen LogP contribution >= 0.6 is 11.6 Å². The summed E-state index contributed by atoms with van der Waals surface area (Å²) in [4.78, 5) is 22.7. The van der Waals surface area contributed by atoms with Crippen LogP contribution in [0, 0.1) is 11.7 Å². The fraction of sp³-hybridized carbons (Fsp3) is 0.429. The molecule has 0 bridgehead atoms. The number of rotatable bonds is 3. The first-order chi connectivity index (χ1) is 9.95. The van der Waals surface area contributed by atoms with E-state index in [-0.39, 0.29) is 22.7 Å². The third kappa shape index (κ3) is 4.32. The SMILES string of the molecule is O=C(Nc1cc(F)ccc1Cl)NC1CCC(C(=O)O)CC1. The fourth-order valence-electron chi connectivity index (χ4n) is 2.42. The number of hydrogen-bond donors (Lipinski definition) is 3. The van der Waals surface area contributed by atoms with Crippen molar-refractivity contribution in [2.45, 2.75) is 31.7 Å². The number of aliphatic carboxylic acids is 1. The van der Waals surface area contributed by atoms with Crippen molar-refractivity contribution in [2.24, 2.45) is 5.92 Å². The maximum atomic E-state index is 13.1. The number of carboxylic acid groups (broad SMARTS) is 1. The Hall–Kier alpha value is -1.82. The molecule has 2 rings (SSSR count). The molecule has 114 valence electrons. The van der Waals surface area contributed by atoms with Crippen LogP contribution in [0.25, 0.3) is 0 Å². The van der Waals surface area contributed by atoms with Crippen LogP contribution in [0.4, 0.5) is 14.9 Å². The molecule has 21 heavy (non-hydrogen) atoms. The Morgan fingerprint density at radius 1 is 1.24 bits per heavy atom. The van der Waals surface area contributed by atoms with Gasteiger partial charge in [-0.25, -0.2) is 9.18 Å². The van der Waals surface area contributed by atoms with Crippen LogP contribution in [0.2, 0.25) is 5.02 Å². The first-order valence-corrected chi connectivity index (χ1v) is 7.09. The summed E-state index contributed by atoms with van der Waals surface area (Å²) in [7, 11) is 0. The Morgan fingerprint density at radius 2 is 1.90 bits per heavy atom. The normalized spacial score (nSPS) is 21.6. The van der Waals surface area contributed by atoms with Crippen LogP contribution < -0.4 is 10.6 Å². The molecule has 0 spiro atoms. The molecule has 1 saturated carbocycles. The van der Waals surface area contributed by atoms with Crippen molar-refractivity contribution >= 4 is 29.3 Å². The third-order valence-corrected chi connectivity index (χ3v) is 3.92. The smallest absolute Gasteiger partial charge is 0.319 e. The summed E-state index contributed by atoms with van der Waals surface area (Å²) in [6, 6.07) is 3.17. The summed E-state index contributed by atoms with van der Waals surface area (Å²) in [6.07, 6.45) is 2.31. The van der Waals surface area contributed by atoms with Crippen LogP contribution in [0.3, 0.4) is 0 Å². The molecule has 0 heterocycles. The number of halogens is 2. The Balaban J connectivity index is 1.85. The van der Waals surface area contributed by atoms with Crippen molar-refractivity contribution in [3.05, 3.63) is 29.0 Å². The zero-order chi connectivity index (χ0) is 15.4. The summed E-state index contributed by atoms with van der Waals surface area (Å²) < 4.78 is 13.1. The number of anilines is 1. The minimum Gasteiger partial charge on any atom is -0.481 e. The summed E-state index contributed by atoms with van der Waals surface area (Å²) in [5, 5.41) is 14.4. The Bertz CT molecular complexity index is 545. The van der Waals surface area contributed by atoms with Gasteiger partial charge in [0.1, 0.15) is 5.82 Å². The first kappa shape index (κ1) is 15.6. The van der Waals surface area contributed by atoms with Crippen molar-refractivity contribution in [3.63, 3.8) is 0 Å². The highest BCUT2D eigenvalue weighted by Crippen LogP contribution is 2.25. The molecular weight excluding hydrogens is 299 g/mol. The quantitative estimate of drug-likeness (QED) is 0.801. The molecule has 0 atom stereocenters. The minimum absolute atomic E-state index is 0.0760. The van der Waals surface area contributed by atoms with Crippen LogP contribution in [0.1, 0.15) is 25.7 Å². The van der Waals surface area contributed by atoms with Crippen LogP contribution in [0.5, 0.6) is 0 Å². The van der Waals surface area contributed by atoms with Gasteiger partial charge in [0.2, 0.25) is 0 Å². The Labute approximate surface area is 126 Å². The van der Waals surface area contributed by atoms with Crippen LogP contribution in [-0.4, -0.2) is 23.1 Å². The number of carbonyl (C=O) groups excluding carboxylic acids is 1. The number of carbonyl (C=O) groups is 2. The topological polar surface area (TPSA) is 78.4 Å². The van der Waals surface area contributed by atoms with Crippen LogP contribution in [-0.2, 0) is 4.79 Å². The second-order valence-corrected chi connectivity index (χ2v) is 5.52. The van der Waals surface area contributed by atoms with Gasteiger partial charge in [-0.05, 0) is 43.9 Å². The lowest BCUT2D eigenvalue weighted by Gasteiger charge is -2.26. The fourth-order valence-corrected chi connectivity index (χ4v) is 2.59. The molecule has 3 N–H and O–H groups in total. The predicted molar refractivity (Wildman–Crippen MR) is 76.9 cm³/mol. The van der Waals surface area contributed by atoms with Gasteiger partial charge in [0, 0.05) is 6.04 Å². The highest BCUT2D eigenvalue weighted by Gasteiger charge is 2.26. The monoisotopic (exact) mass is 314 g/mol. The summed E-state index contributed by atoms with van der Waals surface area (Å²) in [5.74, 6) is -1.61. The molecule has 1 aromatic carbocycles. The van der Waals surface area contributed by atoms with Gasteiger partial charge in [0.15, 0.2) is 0 Å². The zero-order valence-corrected chi connectivity index (χ0v) is 12.0. The first-order valence-electron chi connectivity index (χ1n) is 6.71. The molecule has 1 aromatic rings. The van der Waals surface area contributed by atoms with E-state index in [4.69, 9.17) is 16.7 Å². The van der Waals surface area contributed by atoms with E-state index in [9.17, 15) is 14.0 Å². The minimum atomic E-state index is -0.788. The molecule has 5 nitrogen and oxygen atoms in total. The Kier molecular flexibility index (Phi) is 5.01. The number of amides is 2. The van der Waals surface area contributed by atoms with Gasteiger partial charge < -0.3 is 15.7 Å². The number of urea groups is 1. The van der Waals surface area contributed by atoms with Gasteiger partial charge in [-0.1, -0.05) is 11.6 Å². The van der Waals surface area contributed by atoms with E-state index in [1.54, 1.807) is 0 Å². The van der Waals surface area contributed by atoms with E-state index >= 15 is 0 Å². The molecule has 0 aromatic heterocycles. The third-order valence-electron chi connectivity index (χ3n) is 3.59. The second kappa shape index (κ2) is 6.76. The average molecular weight is 315 g/mol. The van der Waals surface area contributed by atoms with Crippen LogP contribution in [0.15, 0.2) is 18.2 Å². The van der Waals surface area contributed by atoms with E-state index in [0.29, 0.717) is 25.7 Å². The average Bonchev–Trinajstić information content (AvgIpc) is 2.43. The Morgan fingerprint density at radius 3 is 2.52 bits per heavy atom. The number of carboxylic acids is 1. The number of hydrogen-bond acceptors (Lipinski definition) is 2. The van der Waals surface area contributed by atoms with Crippen molar-refractivity contribution in [3.8, 4) is 0 Å². The van der Waals surface area contributed by atoms with Crippen molar-refractivity contribution in [2.75, 3.05) is 5.32 Å². The molecule has 7 heteroatoms. The zero-order valence-electron chi connectivity index (χ0n) is 11.2. The van der Waals surface area contributed by atoms with Gasteiger partial charge in [-0.3, -0.25) is 4.79 Å². The molecule has 2 amide bonds. The van der Waals surface area contributed by atoms with E-state index in [2.05, 4.69) is 10.6 Å². The van der Waals surface area contributed by atoms with Gasteiger partial charge in [-0.15, -0.1) is 0 Å². The van der Waals surface area contributed by atoms with Gasteiger partial charge in [0.25, 0.3) is 0 Å². The number of benzene rings is 1. The molecular formula is C14H16ClFN2O3. The van der Waals surface area contributed by atoms with Gasteiger partial charge in [-0.2, -0.15) is 0 Å². The summed E-state index contributed by atoms with van der Waals surface area (Å²) in [5.41, 5.74) is 0.202. The molecule has 1 fully saturated rings. The highest BCUT2D eigenvalue weighted by molar-refractivity contribution is 6.33. The summed E-state index contributed by atoms with van der Waals surface area (Å²) >= 11 is 5.86. The lowest BCUT2D eigenvalue weighted by molar-refractivity contribution is -0.142. The maximum absolute atomic E-state index is 13.1. The molecule has 0 aliphatic heterocycles. The standard InChI is InChI=1S/C14H16ClFN2O3/c15-11-6-3-9(16)7-12(11)18-14(21)17-10-4-1-8(2-5-10)13(19)20/h3,6-8,10H,1-2,4-5H2,(H,19,20)(H2,17,18,21). The molecule has 0 saturated heterocycles. The largest absolute Gasteiger partial charge is 0.481 e. The lowest BCUT2D eigenvalue weighted by Crippen LogP contribution is -2.41. The van der Waals surface area contributed by atoms with Gasteiger partial charge in [0.05, 0.1) is 16.6 Å². The van der Waals surface area contributed by atoms with E-state index < -0.39 is 17.8 Å². The lowest BCUT2D eigenvalue weighted by atomic mass is 9.86. The van der Waals surface area contributed by atoms with E-state index in [1.807, 2.05) is 0 Å². The van der Waals surface area contributed by atoms with Gasteiger partial charge >= 0.3 is 12.0 Å². The highest BCUT2D eigenvalue weighted by atomic mass is 35.5. The van der Waals surface area contributed by atoms with E-state index in [1.165, 1.54) is 12.1 Å². The second-order valence-electron chi connectivity index (χ2n) is 5.11.